The lowest BCUT2D eigenvalue weighted by molar-refractivity contribution is -0.127. The van der Waals surface area contributed by atoms with Gasteiger partial charge in [0.25, 0.3) is 5.91 Å². The van der Waals surface area contributed by atoms with Crippen molar-refractivity contribution in [2.45, 2.75) is 45.2 Å². The first-order valence-electron chi connectivity index (χ1n) is 14.7. The van der Waals surface area contributed by atoms with Gasteiger partial charge in [-0.3, -0.25) is 19.4 Å². The second kappa shape index (κ2) is 14.5. The lowest BCUT2D eigenvalue weighted by Gasteiger charge is -2.26. The Hall–Kier alpha value is -4.26. The third-order valence-corrected chi connectivity index (χ3v) is 8.04. The molecular formula is C33H36IN7O3. The van der Waals surface area contributed by atoms with Gasteiger partial charge in [-0.25, -0.2) is 4.99 Å². The third-order valence-electron chi connectivity index (χ3n) is 7.55. The number of nitrogens with one attached hydrogen (secondary N) is 3. The molecule has 0 radical (unpaired) electrons. The van der Waals surface area contributed by atoms with Gasteiger partial charge in [0, 0.05) is 59.1 Å². The molecule has 0 aliphatic carbocycles. The fourth-order valence-corrected chi connectivity index (χ4v) is 5.95. The van der Waals surface area contributed by atoms with Gasteiger partial charge >= 0.3 is 0 Å². The lowest BCUT2D eigenvalue weighted by Crippen LogP contribution is -2.41. The van der Waals surface area contributed by atoms with Crippen LogP contribution in [0.5, 0.6) is 0 Å². The highest BCUT2D eigenvalue weighted by Crippen LogP contribution is 2.29. The minimum absolute atomic E-state index is 0.0414. The molecule has 0 fully saturated rings. The van der Waals surface area contributed by atoms with Gasteiger partial charge in [0.05, 0.1) is 17.6 Å². The summed E-state index contributed by atoms with van der Waals surface area (Å²) < 4.78 is 0.843. The van der Waals surface area contributed by atoms with Gasteiger partial charge in [0.15, 0.2) is 0 Å². The van der Waals surface area contributed by atoms with E-state index in [1.54, 1.807) is 36.7 Å². The summed E-state index contributed by atoms with van der Waals surface area (Å²) in [6.45, 7) is 3.68. The number of halogens is 1. The Morgan fingerprint density at radius 2 is 1.95 bits per heavy atom. The number of aliphatic imine (C=N–C) groups is 1. The van der Waals surface area contributed by atoms with Gasteiger partial charge in [0.2, 0.25) is 11.8 Å². The van der Waals surface area contributed by atoms with Crippen LogP contribution in [0.2, 0.25) is 0 Å². The van der Waals surface area contributed by atoms with Gasteiger partial charge in [-0.05, 0) is 60.7 Å². The van der Waals surface area contributed by atoms with Crippen LogP contribution >= 0.6 is 22.6 Å². The molecule has 228 valence electrons. The minimum Gasteiger partial charge on any atom is -0.387 e. The Morgan fingerprint density at radius 1 is 1.11 bits per heavy atom. The Balaban J connectivity index is 1.23. The molecule has 0 spiro atoms. The molecule has 3 aromatic rings. The van der Waals surface area contributed by atoms with Gasteiger partial charge in [-0.1, -0.05) is 53.8 Å². The first-order chi connectivity index (χ1) is 21.3. The molecule has 3 amide bonds. The lowest BCUT2D eigenvalue weighted by atomic mass is 9.97. The normalized spacial score (nSPS) is 15.4. The smallest absolute Gasteiger partial charge is 0.255 e. The second-order valence-corrected chi connectivity index (χ2v) is 11.9. The number of pyridine rings is 1. The van der Waals surface area contributed by atoms with E-state index < -0.39 is 0 Å². The van der Waals surface area contributed by atoms with Crippen LogP contribution in [0, 0.1) is 0 Å². The number of hydrogen-bond acceptors (Lipinski definition) is 7. The number of carbonyl (C=O) groups is 3. The third kappa shape index (κ3) is 7.62. The van der Waals surface area contributed by atoms with Crippen LogP contribution < -0.4 is 21.7 Å². The largest absolute Gasteiger partial charge is 0.387 e. The number of nitrogens with two attached hydrogens (primary N) is 1. The fourth-order valence-electron chi connectivity index (χ4n) is 5.36. The average molecular weight is 706 g/mol. The van der Waals surface area contributed by atoms with E-state index in [1.807, 2.05) is 36.1 Å². The zero-order valence-electron chi connectivity index (χ0n) is 24.6. The number of fused-ring (bicyclic) bond motifs is 2. The number of aromatic nitrogens is 1. The fraction of sp³-hybridized carbons (Fsp3) is 0.303. The van der Waals surface area contributed by atoms with Crippen molar-refractivity contribution in [3.05, 3.63) is 88.8 Å². The number of para-hydroxylation sites is 1. The van der Waals surface area contributed by atoms with Crippen LogP contribution in [-0.2, 0) is 22.6 Å². The Morgan fingerprint density at radius 3 is 2.77 bits per heavy atom. The first-order valence-corrected chi connectivity index (χ1v) is 16.3. The van der Waals surface area contributed by atoms with Gasteiger partial charge < -0.3 is 26.6 Å². The standard InChI is InChI=1S/C33H36IN7O3/c1-2-12-41(13-11-34)33(44)25-15-23-7-8-24(16-29(23)40-30(35)17-25)31(42)38-26-14-21(18-36-20-26)19-37-32(43)28-10-9-22-5-3-4-6-27(22)39-28/h3-8,14-16,18,20,28,39H,2,9-13,17,19H2,1H3,(H2,35,40)(H,37,43)(H,38,42). The maximum absolute atomic E-state index is 13.2. The molecule has 5 rings (SSSR count). The molecule has 1 unspecified atom stereocenters. The zero-order chi connectivity index (χ0) is 31.1. The van der Waals surface area contributed by atoms with Crippen LogP contribution in [0.3, 0.4) is 0 Å². The average Bonchev–Trinajstić information content (AvgIpc) is 3.20. The molecule has 3 heterocycles. The highest BCUT2D eigenvalue weighted by atomic mass is 127. The van der Waals surface area contributed by atoms with Crippen molar-refractivity contribution in [2.24, 2.45) is 10.7 Å². The summed E-state index contributed by atoms with van der Waals surface area (Å²) in [6, 6.07) is 14.6. The van der Waals surface area contributed by atoms with Crippen LogP contribution in [-0.4, -0.2) is 57.0 Å². The predicted octanol–water partition coefficient (Wildman–Crippen LogP) is 4.83. The van der Waals surface area contributed by atoms with E-state index in [0.29, 0.717) is 41.4 Å². The maximum atomic E-state index is 13.2. The molecule has 0 saturated heterocycles. The molecule has 2 aliphatic rings. The molecule has 1 atom stereocenters. The quantitative estimate of drug-likeness (QED) is 0.176. The highest BCUT2D eigenvalue weighted by molar-refractivity contribution is 14.1. The molecule has 5 N–H and O–H groups in total. The van der Waals surface area contributed by atoms with E-state index in [9.17, 15) is 14.4 Å². The van der Waals surface area contributed by atoms with E-state index in [-0.39, 0.29) is 36.7 Å². The Kier molecular flexibility index (Phi) is 10.3. The van der Waals surface area contributed by atoms with Gasteiger partial charge in [0.1, 0.15) is 11.9 Å². The molecule has 44 heavy (non-hydrogen) atoms. The van der Waals surface area contributed by atoms with Crippen molar-refractivity contribution in [1.29, 1.82) is 0 Å². The molecule has 2 aliphatic heterocycles. The predicted molar refractivity (Wildman–Crippen MR) is 182 cm³/mol. The number of aryl methyl sites for hydroxylation is 1. The Labute approximate surface area is 270 Å². The molecular weight excluding hydrogens is 669 g/mol. The van der Waals surface area contributed by atoms with Crippen LogP contribution in [0.1, 0.15) is 53.2 Å². The monoisotopic (exact) mass is 705 g/mol. The van der Waals surface area contributed by atoms with E-state index in [1.165, 1.54) is 5.56 Å². The molecule has 2 aromatic carbocycles. The molecule has 1 aromatic heterocycles. The summed E-state index contributed by atoms with van der Waals surface area (Å²) in [7, 11) is 0. The van der Waals surface area contributed by atoms with Crippen molar-refractivity contribution in [1.82, 2.24) is 15.2 Å². The van der Waals surface area contributed by atoms with Gasteiger partial charge in [-0.15, -0.1) is 0 Å². The summed E-state index contributed by atoms with van der Waals surface area (Å²) in [5, 5.41) is 9.17. The number of nitrogens with zero attached hydrogens (tertiary/aromatic N) is 3. The Bertz CT molecular complexity index is 1610. The second-order valence-electron chi connectivity index (χ2n) is 10.9. The summed E-state index contributed by atoms with van der Waals surface area (Å²) in [4.78, 5) is 49.9. The highest BCUT2D eigenvalue weighted by Gasteiger charge is 2.24. The first kappa shape index (κ1) is 31.2. The molecule has 11 heteroatoms. The number of rotatable bonds is 10. The minimum atomic E-state index is -0.338. The summed E-state index contributed by atoms with van der Waals surface area (Å²) >= 11 is 2.27. The molecule has 0 saturated carbocycles. The van der Waals surface area contributed by atoms with Crippen molar-refractivity contribution in [3.8, 4) is 0 Å². The van der Waals surface area contributed by atoms with Crippen molar-refractivity contribution in [2.75, 3.05) is 28.2 Å². The number of benzene rings is 2. The number of amides is 3. The topological polar surface area (TPSA) is 142 Å². The van der Waals surface area contributed by atoms with Gasteiger partial charge in [-0.2, -0.15) is 0 Å². The van der Waals surface area contributed by atoms with E-state index in [2.05, 4.69) is 54.6 Å². The van der Waals surface area contributed by atoms with Crippen LogP contribution in [0.4, 0.5) is 17.1 Å². The number of alkyl halides is 1. The van der Waals surface area contributed by atoms with Crippen molar-refractivity contribution in [3.63, 3.8) is 0 Å². The number of hydrogen-bond donors (Lipinski definition) is 4. The number of carbonyl (C=O) groups excluding carboxylic acids is 3. The summed E-state index contributed by atoms with van der Waals surface area (Å²) in [6.07, 6.45) is 7.72. The molecule has 10 nitrogen and oxygen atoms in total. The summed E-state index contributed by atoms with van der Waals surface area (Å²) in [5.74, 6) is -0.144. The maximum Gasteiger partial charge on any atom is 0.255 e. The summed E-state index contributed by atoms with van der Waals surface area (Å²) in [5.41, 5.74) is 11.9. The number of amidine groups is 1. The number of anilines is 2. The SMILES string of the molecule is CCCN(CCI)C(=O)C1=Cc2ccc(C(=O)Nc3cncc(CNC(=O)C4CCc5ccccc5N4)c3)cc2N=C(N)C1. The van der Waals surface area contributed by atoms with E-state index in [0.717, 1.165) is 40.5 Å². The van der Waals surface area contributed by atoms with Crippen LogP contribution in [0.15, 0.2) is 71.5 Å². The van der Waals surface area contributed by atoms with Crippen LogP contribution in [0.25, 0.3) is 6.08 Å². The van der Waals surface area contributed by atoms with E-state index >= 15 is 0 Å². The molecule has 0 bridgehead atoms. The van der Waals surface area contributed by atoms with E-state index in [4.69, 9.17) is 5.73 Å². The van der Waals surface area contributed by atoms with Crippen molar-refractivity contribution < 1.29 is 14.4 Å². The zero-order valence-corrected chi connectivity index (χ0v) is 26.8. The van der Waals surface area contributed by atoms with Crippen molar-refractivity contribution >= 4 is 69.3 Å².